The zero-order chi connectivity index (χ0) is 19.4. The molecular formula is C21H20N2O3S. The highest BCUT2D eigenvalue weighted by Crippen LogP contribution is 2.20. The van der Waals surface area contributed by atoms with Crippen molar-refractivity contribution >= 4 is 27.3 Å². The van der Waals surface area contributed by atoms with Crippen molar-refractivity contribution in [1.82, 2.24) is 0 Å². The van der Waals surface area contributed by atoms with E-state index < -0.39 is 10.0 Å². The van der Waals surface area contributed by atoms with E-state index in [4.69, 9.17) is 0 Å². The molecule has 0 saturated carbocycles. The van der Waals surface area contributed by atoms with Crippen molar-refractivity contribution in [3.63, 3.8) is 0 Å². The normalized spacial score (nSPS) is 11.0. The zero-order valence-corrected chi connectivity index (χ0v) is 15.9. The Balaban J connectivity index is 1.76. The lowest BCUT2D eigenvalue weighted by atomic mass is 10.1. The number of hydrogen-bond acceptors (Lipinski definition) is 3. The molecule has 0 saturated heterocycles. The van der Waals surface area contributed by atoms with Gasteiger partial charge < -0.3 is 5.32 Å². The summed E-state index contributed by atoms with van der Waals surface area (Å²) in [5.41, 5.74) is 3.68. The summed E-state index contributed by atoms with van der Waals surface area (Å²) in [5, 5.41) is 2.86. The van der Waals surface area contributed by atoms with Gasteiger partial charge in [-0.3, -0.25) is 9.52 Å². The molecule has 0 atom stereocenters. The van der Waals surface area contributed by atoms with E-state index in [-0.39, 0.29) is 10.8 Å². The van der Waals surface area contributed by atoms with Crippen molar-refractivity contribution in [2.45, 2.75) is 18.7 Å². The summed E-state index contributed by atoms with van der Waals surface area (Å²) in [7, 11) is -3.71. The smallest absolute Gasteiger partial charge is 0.261 e. The summed E-state index contributed by atoms with van der Waals surface area (Å²) >= 11 is 0. The van der Waals surface area contributed by atoms with Gasteiger partial charge in [0.05, 0.1) is 4.90 Å². The van der Waals surface area contributed by atoms with Gasteiger partial charge in [0, 0.05) is 16.9 Å². The van der Waals surface area contributed by atoms with Crippen LogP contribution in [0.15, 0.2) is 77.7 Å². The maximum absolute atomic E-state index is 12.5. The Morgan fingerprint density at radius 1 is 0.815 bits per heavy atom. The van der Waals surface area contributed by atoms with Gasteiger partial charge in [0.1, 0.15) is 0 Å². The van der Waals surface area contributed by atoms with E-state index in [0.717, 1.165) is 16.8 Å². The first kappa shape index (κ1) is 18.7. The molecule has 0 bridgehead atoms. The lowest BCUT2D eigenvalue weighted by Gasteiger charge is -2.11. The number of aryl methyl sites for hydroxylation is 1. The highest BCUT2D eigenvalue weighted by atomic mass is 32.2. The number of sulfonamides is 1. The molecule has 3 rings (SSSR count). The lowest BCUT2D eigenvalue weighted by molar-refractivity contribution is 0.102. The van der Waals surface area contributed by atoms with Gasteiger partial charge in [-0.25, -0.2) is 8.42 Å². The van der Waals surface area contributed by atoms with E-state index >= 15 is 0 Å². The standard InChI is InChI=1S/C21H20N2O3S/c1-15-7-6-10-20(16(15)2)22-21(24)17-11-13-19(14-12-17)27(25,26)23-18-8-4-3-5-9-18/h3-14,23H,1-2H3,(H,22,24). The summed E-state index contributed by atoms with van der Waals surface area (Å²) in [4.78, 5) is 12.5. The van der Waals surface area contributed by atoms with Gasteiger partial charge in [-0.1, -0.05) is 30.3 Å². The molecule has 0 fully saturated rings. The van der Waals surface area contributed by atoms with Gasteiger partial charge in [0.25, 0.3) is 15.9 Å². The summed E-state index contributed by atoms with van der Waals surface area (Å²) in [5.74, 6) is -0.288. The van der Waals surface area contributed by atoms with Gasteiger partial charge in [-0.15, -0.1) is 0 Å². The predicted molar refractivity (Wildman–Crippen MR) is 108 cm³/mol. The van der Waals surface area contributed by atoms with E-state index in [1.54, 1.807) is 30.3 Å². The van der Waals surface area contributed by atoms with Crippen molar-refractivity contribution in [3.8, 4) is 0 Å². The van der Waals surface area contributed by atoms with Crippen LogP contribution < -0.4 is 10.0 Å². The van der Waals surface area contributed by atoms with Crippen LogP contribution in [0, 0.1) is 13.8 Å². The van der Waals surface area contributed by atoms with E-state index in [0.29, 0.717) is 11.3 Å². The van der Waals surface area contributed by atoms with Gasteiger partial charge in [-0.05, 0) is 67.4 Å². The first-order valence-electron chi connectivity index (χ1n) is 8.42. The molecule has 6 heteroatoms. The molecule has 0 heterocycles. The molecular weight excluding hydrogens is 360 g/mol. The molecule has 1 amide bonds. The molecule has 0 spiro atoms. The number of rotatable bonds is 5. The lowest BCUT2D eigenvalue weighted by Crippen LogP contribution is -2.15. The third kappa shape index (κ3) is 4.35. The second-order valence-electron chi connectivity index (χ2n) is 6.20. The third-order valence-corrected chi connectivity index (χ3v) is 5.70. The number of para-hydroxylation sites is 1. The fourth-order valence-electron chi connectivity index (χ4n) is 2.59. The molecule has 5 nitrogen and oxygen atoms in total. The van der Waals surface area contributed by atoms with Crippen molar-refractivity contribution < 1.29 is 13.2 Å². The first-order chi connectivity index (χ1) is 12.9. The molecule has 0 aliphatic carbocycles. The van der Waals surface area contributed by atoms with Crippen molar-refractivity contribution in [2.24, 2.45) is 0 Å². The van der Waals surface area contributed by atoms with E-state index in [9.17, 15) is 13.2 Å². The molecule has 3 aromatic carbocycles. The van der Waals surface area contributed by atoms with Crippen LogP contribution in [0.4, 0.5) is 11.4 Å². The van der Waals surface area contributed by atoms with E-state index in [1.165, 1.54) is 24.3 Å². The molecule has 0 aliphatic heterocycles. The van der Waals surface area contributed by atoms with Crippen LogP contribution in [0.2, 0.25) is 0 Å². The molecule has 2 N–H and O–H groups in total. The largest absolute Gasteiger partial charge is 0.322 e. The number of amides is 1. The van der Waals surface area contributed by atoms with Crippen LogP contribution in [0.1, 0.15) is 21.5 Å². The summed E-state index contributed by atoms with van der Waals surface area (Å²) in [6.07, 6.45) is 0. The second-order valence-corrected chi connectivity index (χ2v) is 7.88. The summed E-state index contributed by atoms with van der Waals surface area (Å²) in [6, 6.07) is 20.2. The number of benzene rings is 3. The molecule has 0 unspecified atom stereocenters. The SMILES string of the molecule is Cc1cccc(NC(=O)c2ccc(S(=O)(=O)Nc3ccccc3)cc2)c1C. The number of hydrogen-bond donors (Lipinski definition) is 2. The number of nitrogens with one attached hydrogen (secondary N) is 2. The van der Waals surface area contributed by atoms with E-state index in [2.05, 4.69) is 10.0 Å². The Labute approximate surface area is 159 Å². The minimum atomic E-state index is -3.71. The topological polar surface area (TPSA) is 75.3 Å². The quantitative estimate of drug-likeness (QED) is 0.691. The Kier molecular flexibility index (Phi) is 5.28. The molecule has 0 aliphatic rings. The highest BCUT2D eigenvalue weighted by molar-refractivity contribution is 7.92. The van der Waals surface area contributed by atoms with E-state index in [1.807, 2.05) is 32.0 Å². The Morgan fingerprint density at radius 3 is 2.15 bits per heavy atom. The Hall–Kier alpha value is -3.12. The maximum Gasteiger partial charge on any atom is 0.261 e. The maximum atomic E-state index is 12.5. The van der Waals surface area contributed by atoms with Crippen molar-refractivity contribution in [1.29, 1.82) is 0 Å². The van der Waals surface area contributed by atoms with Crippen LogP contribution in [0.3, 0.4) is 0 Å². The Morgan fingerprint density at radius 2 is 1.48 bits per heavy atom. The number of carbonyl (C=O) groups excluding carboxylic acids is 1. The van der Waals surface area contributed by atoms with Crippen LogP contribution in [0.5, 0.6) is 0 Å². The minimum absolute atomic E-state index is 0.0923. The average Bonchev–Trinajstić information content (AvgIpc) is 2.66. The monoisotopic (exact) mass is 380 g/mol. The number of carbonyl (C=O) groups is 1. The van der Waals surface area contributed by atoms with Gasteiger partial charge in [-0.2, -0.15) is 0 Å². The molecule has 27 heavy (non-hydrogen) atoms. The minimum Gasteiger partial charge on any atom is -0.322 e. The number of anilines is 2. The van der Waals surface area contributed by atoms with Gasteiger partial charge in [0.2, 0.25) is 0 Å². The molecule has 3 aromatic rings. The fourth-order valence-corrected chi connectivity index (χ4v) is 3.65. The van der Waals surface area contributed by atoms with Crippen molar-refractivity contribution in [2.75, 3.05) is 10.0 Å². The fraction of sp³-hybridized carbons (Fsp3) is 0.0952. The van der Waals surface area contributed by atoms with Gasteiger partial charge >= 0.3 is 0 Å². The van der Waals surface area contributed by atoms with Crippen molar-refractivity contribution in [3.05, 3.63) is 89.5 Å². The average molecular weight is 380 g/mol. The molecule has 0 radical (unpaired) electrons. The van der Waals surface area contributed by atoms with Crippen LogP contribution in [0.25, 0.3) is 0 Å². The predicted octanol–water partition coefficient (Wildman–Crippen LogP) is 4.36. The van der Waals surface area contributed by atoms with Crippen LogP contribution in [-0.4, -0.2) is 14.3 Å². The van der Waals surface area contributed by atoms with Crippen LogP contribution >= 0.6 is 0 Å². The third-order valence-electron chi connectivity index (χ3n) is 4.31. The second kappa shape index (κ2) is 7.63. The van der Waals surface area contributed by atoms with Gasteiger partial charge in [0.15, 0.2) is 0 Å². The molecule has 0 aromatic heterocycles. The first-order valence-corrected chi connectivity index (χ1v) is 9.90. The highest BCUT2D eigenvalue weighted by Gasteiger charge is 2.15. The zero-order valence-electron chi connectivity index (χ0n) is 15.1. The Bertz CT molecular complexity index is 1060. The summed E-state index contributed by atoms with van der Waals surface area (Å²) < 4.78 is 27.4. The van der Waals surface area contributed by atoms with Crippen LogP contribution in [-0.2, 0) is 10.0 Å². The molecule has 138 valence electrons. The summed E-state index contributed by atoms with van der Waals surface area (Å²) in [6.45, 7) is 3.92.